The molecule has 0 radical (unpaired) electrons. The number of hydrogen-bond acceptors (Lipinski definition) is 3. The Balaban J connectivity index is 2.07. The first-order valence-corrected chi connectivity index (χ1v) is 6.25. The van der Waals surface area contributed by atoms with Gasteiger partial charge in [-0.15, -0.1) is 0 Å². The highest BCUT2D eigenvalue weighted by Crippen LogP contribution is 2.37. The molecule has 5 heteroatoms. The molecule has 82 valence electrons. The minimum atomic E-state index is -3.53. The zero-order chi connectivity index (χ0) is 10.9. The number of benzene rings is 1. The zero-order valence-electron chi connectivity index (χ0n) is 8.43. The smallest absolute Gasteiger partial charge is 0.262 e. The van der Waals surface area contributed by atoms with Crippen molar-refractivity contribution in [3.8, 4) is 0 Å². The summed E-state index contributed by atoms with van der Waals surface area (Å²) in [6, 6.07) is 8.17. The monoisotopic (exact) mass is 227 g/mol. The van der Waals surface area contributed by atoms with E-state index in [-0.39, 0.29) is 10.5 Å². The summed E-state index contributed by atoms with van der Waals surface area (Å²) in [6.45, 7) is 1.88. The highest BCUT2D eigenvalue weighted by atomic mass is 32.2. The summed E-state index contributed by atoms with van der Waals surface area (Å²) < 4.78 is 23.3. The third kappa shape index (κ3) is 2.56. The largest absolute Gasteiger partial charge is 0.281 e. The van der Waals surface area contributed by atoms with E-state index in [9.17, 15) is 8.42 Å². The van der Waals surface area contributed by atoms with Gasteiger partial charge >= 0.3 is 0 Å². The Bertz CT molecular complexity index is 437. The van der Waals surface area contributed by atoms with Crippen molar-refractivity contribution in [3.05, 3.63) is 30.3 Å². The second-order valence-electron chi connectivity index (χ2n) is 3.95. The lowest BCUT2D eigenvalue weighted by Crippen LogP contribution is -2.29. The van der Waals surface area contributed by atoms with E-state index in [1.807, 2.05) is 6.92 Å². The highest BCUT2D eigenvalue weighted by molar-refractivity contribution is 7.89. The average molecular weight is 227 g/mol. The fourth-order valence-corrected chi connectivity index (χ4v) is 2.00. The summed E-state index contributed by atoms with van der Waals surface area (Å²) >= 11 is 0. The van der Waals surface area contributed by atoms with E-state index < -0.39 is 10.0 Å². The van der Waals surface area contributed by atoms with Crippen molar-refractivity contribution < 1.29 is 13.3 Å². The molecule has 15 heavy (non-hydrogen) atoms. The summed E-state index contributed by atoms with van der Waals surface area (Å²) in [7, 11) is -3.53. The molecule has 0 saturated heterocycles. The third-order valence-corrected chi connectivity index (χ3v) is 3.60. The second-order valence-corrected chi connectivity index (χ2v) is 5.60. The van der Waals surface area contributed by atoms with Crippen LogP contribution < -0.4 is 4.89 Å². The van der Waals surface area contributed by atoms with Crippen molar-refractivity contribution in [3.63, 3.8) is 0 Å². The molecular weight excluding hydrogens is 214 g/mol. The Kier molecular flexibility index (Phi) is 2.54. The van der Waals surface area contributed by atoms with Crippen LogP contribution in [0.2, 0.25) is 0 Å². The molecule has 1 saturated carbocycles. The third-order valence-electron chi connectivity index (χ3n) is 2.41. The zero-order valence-corrected chi connectivity index (χ0v) is 9.25. The molecule has 1 aromatic rings. The predicted octanol–water partition coefficient (Wildman–Crippen LogP) is 1.45. The molecule has 0 atom stereocenters. The topological polar surface area (TPSA) is 55.4 Å². The first kappa shape index (κ1) is 10.6. The number of nitrogens with one attached hydrogen (secondary N) is 1. The van der Waals surface area contributed by atoms with Crippen LogP contribution in [0, 0.1) is 0 Å². The molecule has 0 aromatic heterocycles. The van der Waals surface area contributed by atoms with Gasteiger partial charge < -0.3 is 0 Å². The van der Waals surface area contributed by atoms with Crippen LogP contribution in [-0.2, 0) is 14.9 Å². The minimum absolute atomic E-state index is 0.217. The van der Waals surface area contributed by atoms with Crippen LogP contribution >= 0.6 is 0 Å². The number of sulfonamides is 1. The molecule has 1 N–H and O–H groups in total. The SMILES string of the molecule is CC1(ONS(=O)(=O)c2ccccc2)CC1. The van der Waals surface area contributed by atoms with Gasteiger partial charge in [-0.2, -0.15) is 0 Å². The van der Waals surface area contributed by atoms with Gasteiger partial charge in [0, 0.05) is 0 Å². The van der Waals surface area contributed by atoms with Gasteiger partial charge in [-0.05, 0) is 31.9 Å². The van der Waals surface area contributed by atoms with Gasteiger partial charge in [-0.1, -0.05) is 23.1 Å². The van der Waals surface area contributed by atoms with E-state index in [4.69, 9.17) is 4.84 Å². The fourth-order valence-electron chi connectivity index (χ4n) is 1.08. The minimum Gasteiger partial charge on any atom is -0.281 e. The summed E-state index contributed by atoms with van der Waals surface area (Å²) in [6.07, 6.45) is 1.79. The Morgan fingerprint density at radius 1 is 1.27 bits per heavy atom. The van der Waals surface area contributed by atoms with Gasteiger partial charge in [-0.3, -0.25) is 4.84 Å². The maximum atomic E-state index is 11.7. The second kappa shape index (κ2) is 3.59. The maximum Gasteiger partial charge on any atom is 0.262 e. The van der Waals surface area contributed by atoms with Gasteiger partial charge in [0.15, 0.2) is 0 Å². The van der Waals surface area contributed by atoms with E-state index in [0.717, 1.165) is 12.8 Å². The van der Waals surface area contributed by atoms with Crippen LogP contribution in [-0.4, -0.2) is 14.0 Å². The summed E-state index contributed by atoms with van der Waals surface area (Å²) in [4.78, 5) is 7.49. The van der Waals surface area contributed by atoms with Crippen LogP contribution in [0.25, 0.3) is 0 Å². The van der Waals surface area contributed by atoms with Gasteiger partial charge in [0.2, 0.25) is 0 Å². The summed E-state index contributed by atoms with van der Waals surface area (Å²) in [5.74, 6) is 0. The van der Waals surface area contributed by atoms with Crippen LogP contribution in [0.5, 0.6) is 0 Å². The quantitative estimate of drug-likeness (QED) is 0.792. The Hall–Kier alpha value is -0.910. The molecule has 0 amide bonds. The summed E-state index contributed by atoms with van der Waals surface area (Å²) in [5.41, 5.74) is -0.304. The molecule has 0 aliphatic heterocycles. The number of rotatable bonds is 4. The molecule has 0 bridgehead atoms. The van der Waals surface area contributed by atoms with Crippen LogP contribution in [0.15, 0.2) is 35.2 Å². The molecule has 2 rings (SSSR count). The van der Waals surface area contributed by atoms with Gasteiger partial charge in [0.1, 0.15) is 0 Å². The van der Waals surface area contributed by atoms with Gasteiger partial charge in [0.05, 0.1) is 10.5 Å². The predicted molar refractivity (Wildman–Crippen MR) is 55.5 cm³/mol. The molecular formula is C10H13NO3S. The van der Waals surface area contributed by atoms with E-state index in [1.54, 1.807) is 18.2 Å². The lowest BCUT2D eigenvalue weighted by atomic mass is 10.4. The Labute approximate surface area is 89.3 Å². The lowest BCUT2D eigenvalue weighted by molar-refractivity contribution is 0.0101. The maximum absolute atomic E-state index is 11.7. The molecule has 1 aliphatic rings. The van der Waals surface area contributed by atoms with Crippen molar-refractivity contribution in [2.24, 2.45) is 0 Å². The normalized spacial score (nSPS) is 18.7. The molecule has 0 heterocycles. The van der Waals surface area contributed by atoms with Crippen LogP contribution in [0.1, 0.15) is 19.8 Å². The van der Waals surface area contributed by atoms with Gasteiger partial charge in [-0.25, -0.2) is 8.42 Å². The molecule has 0 unspecified atom stereocenters. The van der Waals surface area contributed by atoms with Crippen molar-refractivity contribution in [1.29, 1.82) is 0 Å². The molecule has 4 nitrogen and oxygen atoms in total. The molecule has 1 aliphatic carbocycles. The Morgan fingerprint density at radius 2 is 1.87 bits per heavy atom. The summed E-state index contributed by atoms with van der Waals surface area (Å²) in [5, 5.41) is 0. The highest BCUT2D eigenvalue weighted by Gasteiger charge is 2.40. The number of hydrogen-bond donors (Lipinski definition) is 1. The molecule has 1 aromatic carbocycles. The first-order chi connectivity index (χ1) is 7.02. The van der Waals surface area contributed by atoms with E-state index in [0.29, 0.717) is 0 Å². The van der Waals surface area contributed by atoms with Crippen molar-refractivity contribution in [2.75, 3.05) is 0 Å². The molecule has 1 fully saturated rings. The first-order valence-electron chi connectivity index (χ1n) is 4.77. The van der Waals surface area contributed by atoms with E-state index in [1.165, 1.54) is 12.1 Å². The van der Waals surface area contributed by atoms with E-state index >= 15 is 0 Å². The van der Waals surface area contributed by atoms with E-state index in [2.05, 4.69) is 4.89 Å². The standard InChI is InChI=1S/C10H13NO3S/c1-10(7-8-10)14-11-15(12,13)9-5-3-2-4-6-9/h2-6,11H,7-8H2,1H3. The molecule has 0 spiro atoms. The van der Waals surface area contributed by atoms with Gasteiger partial charge in [0.25, 0.3) is 10.0 Å². The lowest BCUT2D eigenvalue weighted by Gasteiger charge is -2.11. The average Bonchev–Trinajstić information content (AvgIpc) is 2.96. The Morgan fingerprint density at radius 3 is 2.40 bits per heavy atom. The van der Waals surface area contributed by atoms with Crippen LogP contribution in [0.3, 0.4) is 0 Å². The van der Waals surface area contributed by atoms with Crippen LogP contribution in [0.4, 0.5) is 0 Å². The van der Waals surface area contributed by atoms with Crippen molar-refractivity contribution >= 4 is 10.0 Å². The van der Waals surface area contributed by atoms with Crippen molar-refractivity contribution in [2.45, 2.75) is 30.3 Å². The fraction of sp³-hybridized carbons (Fsp3) is 0.400. The van der Waals surface area contributed by atoms with Crippen molar-refractivity contribution in [1.82, 2.24) is 4.89 Å².